The highest BCUT2D eigenvalue weighted by atomic mass is 14.9. The van der Waals surface area contributed by atoms with Gasteiger partial charge in [-0.3, -0.25) is 0 Å². The first kappa shape index (κ1) is 3.72. The second kappa shape index (κ2) is 1.33. The lowest BCUT2D eigenvalue weighted by atomic mass is 10.3. The van der Waals surface area contributed by atoms with Crippen molar-refractivity contribution in [1.29, 1.82) is 0 Å². The molecule has 0 aromatic heterocycles. The second-order valence-corrected chi connectivity index (χ2v) is 1.51. The zero-order valence-electron chi connectivity index (χ0n) is 3.81. The summed E-state index contributed by atoms with van der Waals surface area (Å²) in [6.45, 7) is 2.11. The van der Waals surface area contributed by atoms with Crippen molar-refractivity contribution in [3.63, 3.8) is 0 Å². The van der Waals surface area contributed by atoms with Crippen molar-refractivity contribution in [3.8, 4) is 0 Å². The van der Waals surface area contributed by atoms with Crippen LogP contribution < -0.4 is 5.32 Å². The van der Waals surface area contributed by atoms with Crippen LogP contribution in [0.1, 0.15) is 6.92 Å². The van der Waals surface area contributed by atoms with Gasteiger partial charge in [0.1, 0.15) is 0 Å². The molecule has 0 aromatic rings. The zero-order chi connectivity index (χ0) is 4.41. The van der Waals surface area contributed by atoms with Crippen molar-refractivity contribution in [2.24, 2.45) is 0 Å². The van der Waals surface area contributed by atoms with Crippen molar-refractivity contribution >= 4 is 0 Å². The summed E-state index contributed by atoms with van der Waals surface area (Å²) in [4.78, 5) is 0. The Labute approximate surface area is 38.1 Å². The molecule has 0 spiro atoms. The van der Waals surface area contributed by atoms with Crippen molar-refractivity contribution in [1.82, 2.24) is 5.32 Å². The first-order chi connectivity index (χ1) is 2.89. The van der Waals surface area contributed by atoms with Crippen LogP contribution in [0.4, 0.5) is 0 Å². The molecule has 1 heteroatoms. The first-order valence-corrected chi connectivity index (χ1v) is 2.15. The Balaban J connectivity index is 2.32. The highest BCUT2D eigenvalue weighted by Gasteiger charge is 1.98. The van der Waals surface area contributed by atoms with Crippen LogP contribution in [-0.4, -0.2) is 6.04 Å². The van der Waals surface area contributed by atoms with Gasteiger partial charge in [0, 0.05) is 12.5 Å². The van der Waals surface area contributed by atoms with Crippen LogP contribution >= 0.6 is 0 Å². The smallest absolute Gasteiger partial charge is 0.0297 e. The molecule has 0 bridgehead atoms. The molecule has 1 radical (unpaired) electrons. The van der Waals surface area contributed by atoms with Gasteiger partial charge in [-0.1, -0.05) is 6.08 Å². The number of nitrogens with one attached hydrogen (secondary N) is 1. The van der Waals surface area contributed by atoms with E-state index in [0.29, 0.717) is 6.04 Å². The minimum Gasteiger partial charge on any atom is -0.388 e. The van der Waals surface area contributed by atoms with E-state index in [1.807, 2.05) is 12.3 Å². The summed E-state index contributed by atoms with van der Waals surface area (Å²) in [7, 11) is 0. The fraction of sp³-hybridized carbons (Fsp3) is 0.400. The van der Waals surface area contributed by atoms with E-state index >= 15 is 0 Å². The Morgan fingerprint density at radius 1 is 1.67 bits per heavy atom. The maximum atomic E-state index is 3.08. The van der Waals surface area contributed by atoms with Gasteiger partial charge >= 0.3 is 0 Å². The van der Waals surface area contributed by atoms with Crippen LogP contribution in [0.25, 0.3) is 0 Å². The fourth-order valence-electron chi connectivity index (χ4n) is 0.485. The Morgan fingerprint density at radius 3 is 2.67 bits per heavy atom. The van der Waals surface area contributed by atoms with Gasteiger partial charge in [-0.2, -0.15) is 0 Å². The quantitative estimate of drug-likeness (QED) is 0.453. The average molecular weight is 82.1 g/mol. The van der Waals surface area contributed by atoms with Gasteiger partial charge in [0.05, 0.1) is 0 Å². The Bertz CT molecular complexity index is 58.3. The standard InChI is InChI=1S/C5H8N/c1-5-3-2-4-6-5/h2-6H,1H3. The summed E-state index contributed by atoms with van der Waals surface area (Å²) in [5.41, 5.74) is 0. The molecule has 6 heavy (non-hydrogen) atoms. The van der Waals surface area contributed by atoms with Gasteiger partial charge in [-0.05, 0) is 13.1 Å². The van der Waals surface area contributed by atoms with Crippen LogP contribution in [0, 0.1) is 6.42 Å². The van der Waals surface area contributed by atoms with E-state index in [2.05, 4.69) is 18.7 Å². The molecule has 33 valence electrons. The predicted octanol–water partition coefficient (Wildman–Crippen LogP) is 0.696. The highest BCUT2D eigenvalue weighted by molar-refractivity contribution is 5.07. The Hall–Kier alpha value is -0.460. The Kier molecular flexibility index (Phi) is 0.825. The molecule has 0 aliphatic carbocycles. The summed E-state index contributed by atoms with van der Waals surface area (Å²) >= 11 is 0. The molecule has 0 saturated heterocycles. The summed E-state index contributed by atoms with van der Waals surface area (Å²) in [5, 5.41) is 3.08. The largest absolute Gasteiger partial charge is 0.388 e. The summed E-state index contributed by atoms with van der Waals surface area (Å²) in [6.07, 6.45) is 6.08. The zero-order valence-corrected chi connectivity index (χ0v) is 3.81. The third-order valence-electron chi connectivity index (χ3n) is 0.855. The molecular weight excluding hydrogens is 74.1 g/mol. The number of hydrogen-bond acceptors (Lipinski definition) is 1. The van der Waals surface area contributed by atoms with Crippen LogP contribution in [-0.2, 0) is 0 Å². The van der Waals surface area contributed by atoms with Crippen LogP contribution in [0.15, 0.2) is 12.3 Å². The molecule has 1 heterocycles. The second-order valence-electron chi connectivity index (χ2n) is 1.51. The lowest BCUT2D eigenvalue weighted by Crippen LogP contribution is -2.13. The maximum absolute atomic E-state index is 3.08. The first-order valence-electron chi connectivity index (χ1n) is 2.15. The molecule has 1 aliphatic rings. The van der Waals surface area contributed by atoms with Crippen LogP contribution in [0.2, 0.25) is 0 Å². The minimum absolute atomic E-state index is 0.560. The van der Waals surface area contributed by atoms with Crippen molar-refractivity contribution in [2.45, 2.75) is 13.0 Å². The van der Waals surface area contributed by atoms with E-state index in [1.165, 1.54) is 0 Å². The molecule has 0 fully saturated rings. The van der Waals surface area contributed by atoms with E-state index in [4.69, 9.17) is 0 Å². The molecule has 0 saturated carbocycles. The summed E-state index contributed by atoms with van der Waals surface area (Å²) in [5.74, 6) is 0. The summed E-state index contributed by atoms with van der Waals surface area (Å²) in [6, 6.07) is 0.560. The number of hydrogen-bond donors (Lipinski definition) is 1. The van der Waals surface area contributed by atoms with Crippen LogP contribution in [0.3, 0.4) is 0 Å². The molecule has 1 unspecified atom stereocenters. The Morgan fingerprint density at radius 2 is 2.50 bits per heavy atom. The lowest BCUT2D eigenvalue weighted by molar-refractivity contribution is 0.773. The van der Waals surface area contributed by atoms with Gasteiger partial charge in [-0.15, -0.1) is 0 Å². The molecule has 0 aromatic carbocycles. The van der Waals surface area contributed by atoms with Gasteiger partial charge in [-0.25, -0.2) is 0 Å². The molecule has 1 N–H and O–H groups in total. The van der Waals surface area contributed by atoms with Gasteiger partial charge in [0.15, 0.2) is 0 Å². The monoisotopic (exact) mass is 82.1 g/mol. The van der Waals surface area contributed by atoms with Crippen molar-refractivity contribution in [3.05, 3.63) is 18.7 Å². The van der Waals surface area contributed by atoms with Crippen molar-refractivity contribution < 1.29 is 0 Å². The molecule has 1 nitrogen and oxygen atoms in total. The summed E-state index contributed by atoms with van der Waals surface area (Å²) < 4.78 is 0. The van der Waals surface area contributed by atoms with Gasteiger partial charge < -0.3 is 5.32 Å². The van der Waals surface area contributed by atoms with E-state index in [-0.39, 0.29) is 0 Å². The minimum atomic E-state index is 0.560. The molecule has 0 amide bonds. The van der Waals surface area contributed by atoms with E-state index < -0.39 is 0 Å². The highest BCUT2D eigenvalue weighted by Crippen LogP contribution is 1.95. The van der Waals surface area contributed by atoms with E-state index in [0.717, 1.165) is 0 Å². The maximum Gasteiger partial charge on any atom is 0.0297 e. The topological polar surface area (TPSA) is 12.0 Å². The van der Waals surface area contributed by atoms with Crippen LogP contribution in [0.5, 0.6) is 0 Å². The normalized spacial score (nSPS) is 30.5. The SMILES string of the molecule is CC1[CH]C=CN1. The fourth-order valence-corrected chi connectivity index (χ4v) is 0.485. The van der Waals surface area contributed by atoms with Crippen molar-refractivity contribution in [2.75, 3.05) is 0 Å². The van der Waals surface area contributed by atoms with Gasteiger partial charge in [0.2, 0.25) is 0 Å². The third kappa shape index (κ3) is 0.534. The predicted molar refractivity (Wildman–Crippen MR) is 26.0 cm³/mol. The molecule has 1 atom stereocenters. The van der Waals surface area contributed by atoms with E-state index in [9.17, 15) is 0 Å². The molecule has 1 rings (SSSR count). The lowest BCUT2D eigenvalue weighted by Gasteiger charge is -1.96. The molecular formula is C5H8N. The van der Waals surface area contributed by atoms with E-state index in [1.54, 1.807) is 0 Å². The molecule has 1 aliphatic heterocycles. The number of rotatable bonds is 0. The third-order valence-corrected chi connectivity index (χ3v) is 0.855. The van der Waals surface area contributed by atoms with Gasteiger partial charge in [0.25, 0.3) is 0 Å². The average Bonchev–Trinajstić information content (AvgIpc) is 1.86.